The van der Waals surface area contributed by atoms with E-state index < -0.39 is 0 Å². The molecule has 2 fully saturated rings. The van der Waals surface area contributed by atoms with Crippen LogP contribution in [0.15, 0.2) is 0 Å². The molecule has 0 N–H and O–H groups in total. The molecule has 0 saturated heterocycles. The summed E-state index contributed by atoms with van der Waals surface area (Å²) in [6.45, 7) is 2.82. The summed E-state index contributed by atoms with van der Waals surface area (Å²) in [6, 6.07) is 0. The summed E-state index contributed by atoms with van der Waals surface area (Å²) < 4.78 is 10.4. The van der Waals surface area contributed by atoms with Crippen LogP contribution in [0.25, 0.3) is 0 Å². The van der Waals surface area contributed by atoms with Crippen molar-refractivity contribution in [2.24, 2.45) is 11.8 Å². The van der Waals surface area contributed by atoms with Crippen LogP contribution in [-0.2, 0) is 46.7 Å². The maximum absolute atomic E-state index is 10.9. The van der Waals surface area contributed by atoms with E-state index in [1.807, 2.05) is 0 Å². The number of fused-ring (bicyclic) bond motifs is 2. The van der Waals surface area contributed by atoms with Gasteiger partial charge in [0.25, 0.3) is 0 Å². The molecule has 0 unspecified atom stereocenters. The first-order valence-corrected chi connectivity index (χ1v) is 5.25. The average Bonchev–Trinajstić information content (AvgIpc) is 2.59. The average molecular weight is 447 g/mol. The number of hydrogen-bond donors (Lipinski definition) is 0. The van der Waals surface area contributed by atoms with E-state index in [-0.39, 0.29) is 70.1 Å². The Morgan fingerprint density at radius 3 is 2.18 bits per heavy atom. The van der Waals surface area contributed by atoms with Crippen LogP contribution in [0.3, 0.4) is 0 Å². The van der Waals surface area contributed by atoms with Crippen molar-refractivity contribution in [2.45, 2.75) is 38.9 Å². The first kappa shape index (κ1) is 17.2. The van der Waals surface area contributed by atoms with E-state index in [0.29, 0.717) is 5.92 Å². The Morgan fingerprint density at radius 2 is 1.71 bits per heavy atom. The number of halogens is 1. The fraction of sp³-hybridized carbons (Fsp3) is 0.727. The second kappa shape index (κ2) is 6.93. The van der Waals surface area contributed by atoms with Crippen molar-refractivity contribution < 1.29 is 59.1 Å². The molecule has 0 heterocycles. The van der Waals surface area contributed by atoms with Gasteiger partial charge in [0, 0.05) is 26.2 Å². The van der Waals surface area contributed by atoms with Gasteiger partial charge in [-0.1, -0.05) is 0 Å². The molecule has 0 amide bonds. The number of rotatable bonds is 2. The van der Waals surface area contributed by atoms with Crippen molar-refractivity contribution in [3.63, 3.8) is 0 Å². The van der Waals surface area contributed by atoms with E-state index in [2.05, 4.69) is 6.42 Å². The van der Waals surface area contributed by atoms with Gasteiger partial charge in [-0.05, 0) is 18.8 Å². The predicted molar refractivity (Wildman–Crippen MR) is 51.6 cm³/mol. The second-order valence-electron chi connectivity index (χ2n) is 4.31. The van der Waals surface area contributed by atoms with Gasteiger partial charge in [-0.25, -0.2) is 0 Å². The molecule has 2 aliphatic carbocycles. The Kier molecular flexibility index (Phi) is 7.00. The van der Waals surface area contributed by atoms with Crippen LogP contribution in [0.1, 0.15) is 26.7 Å². The first-order chi connectivity index (χ1) is 7.06. The van der Waals surface area contributed by atoms with Crippen molar-refractivity contribution >= 4 is 11.9 Å². The summed E-state index contributed by atoms with van der Waals surface area (Å²) in [7, 11) is 0. The van der Waals surface area contributed by atoms with Crippen molar-refractivity contribution in [3.05, 3.63) is 6.42 Å². The number of esters is 2. The number of ether oxygens (including phenoxy) is 2. The van der Waals surface area contributed by atoms with Crippen LogP contribution >= 0.6 is 0 Å². The molecule has 2 saturated carbocycles. The van der Waals surface area contributed by atoms with E-state index in [9.17, 15) is 9.59 Å². The van der Waals surface area contributed by atoms with E-state index in [4.69, 9.17) is 9.47 Å². The van der Waals surface area contributed by atoms with Gasteiger partial charge in [-0.2, -0.15) is 0 Å². The van der Waals surface area contributed by atoms with E-state index in [1.165, 1.54) is 13.8 Å². The largest absolute Gasteiger partial charge is 1.00 e. The topological polar surface area (TPSA) is 52.6 Å². The monoisotopic (exact) mass is 448 g/mol. The number of carbonyl (C=O) groups is 2. The summed E-state index contributed by atoms with van der Waals surface area (Å²) in [5.74, 6) is 0.0750. The molecule has 4 atom stereocenters. The standard InChI is InChI=1S/C11H15O4.ClH.Hg/c1-6(12)14-10-4-8-3-9(10)11(5-8)15-7(2)13;;/h4,8-11H,3,5H2,1-2H3;1H;/q;;+1/p-1/t8-,9+,10+,11+;;/m1../s1. The molecule has 0 aliphatic heterocycles. The summed E-state index contributed by atoms with van der Waals surface area (Å²) in [6.07, 6.45) is 3.68. The minimum Gasteiger partial charge on any atom is -1.00 e. The van der Waals surface area contributed by atoms with Gasteiger partial charge >= 0.3 is 39.6 Å². The fourth-order valence-electron chi connectivity index (χ4n) is 2.65. The number of hydrogen-bond acceptors (Lipinski definition) is 4. The predicted octanol–water partition coefficient (Wildman–Crippen LogP) is -1.90. The normalized spacial score (nSPS) is 33.3. The van der Waals surface area contributed by atoms with Crippen LogP contribution in [0.5, 0.6) is 0 Å². The Balaban J connectivity index is 0.00000128. The zero-order valence-corrected chi connectivity index (χ0v) is 16.3. The number of carbonyl (C=O) groups excluding carboxylic acids is 2. The third-order valence-electron chi connectivity index (χ3n) is 3.09. The Hall–Kier alpha value is 0.165. The summed E-state index contributed by atoms with van der Waals surface area (Å²) >= 11 is 0. The molecule has 6 heteroatoms. The second-order valence-corrected chi connectivity index (χ2v) is 4.31. The molecule has 0 spiro atoms. The van der Waals surface area contributed by atoms with Gasteiger partial charge in [0.05, 0.1) is 0 Å². The molecule has 92 valence electrons. The van der Waals surface area contributed by atoms with Crippen LogP contribution in [-0.4, -0.2) is 24.1 Å². The van der Waals surface area contributed by atoms with Gasteiger partial charge in [0.15, 0.2) is 0 Å². The molecule has 2 bridgehead atoms. The van der Waals surface area contributed by atoms with Crippen LogP contribution < -0.4 is 12.4 Å². The quantitative estimate of drug-likeness (QED) is 0.367. The molecular weight excluding hydrogens is 432 g/mol. The smallest absolute Gasteiger partial charge is 1.00 e. The molecule has 4 nitrogen and oxygen atoms in total. The van der Waals surface area contributed by atoms with Gasteiger partial charge in [0.1, 0.15) is 12.2 Å². The molecule has 0 aromatic carbocycles. The molecule has 17 heavy (non-hydrogen) atoms. The zero-order chi connectivity index (χ0) is 11.0. The maximum Gasteiger partial charge on any atom is 1.00 e. The Bertz CT molecular complexity index is 271. The van der Waals surface area contributed by atoms with Crippen molar-refractivity contribution in [1.29, 1.82) is 0 Å². The minimum absolute atomic E-state index is 0. The molecular formula is C11H15ClHgO4. The zero-order valence-electron chi connectivity index (χ0n) is 10.0. The van der Waals surface area contributed by atoms with Gasteiger partial charge in [0.2, 0.25) is 0 Å². The first-order valence-electron chi connectivity index (χ1n) is 5.25. The van der Waals surface area contributed by atoms with Crippen molar-refractivity contribution in [2.75, 3.05) is 0 Å². The van der Waals surface area contributed by atoms with Crippen LogP contribution in [0, 0.1) is 18.3 Å². The Morgan fingerprint density at radius 1 is 1.12 bits per heavy atom. The minimum atomic E-state index is -0.273. The summed E-state index contributed by atoms with van der Waals surface area (Å²) in [5.41, 5.74) is 0. The van der Waals surface area contributed by atoms with Crippen LogP contribution in [0.4, 0.5) is 0 Å². The molecule has 0 aromatic heterocycles. The van der Waals surface area contributed by atoms with E-state index in [0.717, 1.165) is 12.8 Å². The SMILES string of the molecule is CC(=O)O[C@H]1[CH][C@H]2C[C@@H]1[C@@H](OC(C)=O)C2.[Cl-].[Hg+]. The van der Waals surface area contributed by atoms with Crippen molar-refractivity contribution in [1.82, 2.24) is 0 Å². The Labute approximate surface area is 128 Å². The van der Waals surface area contributed by atoms with Gasteiger partial charge in [-0.3, -0.25) is 9.59 Å². The fourth-order valence-corrected chi connectivity index (χ4v) is 2.65. The van der Waals surface area contributed by atoms with Gasteiger partial charge < -0.3 is 21.9 Å². The third-order valence-corrected chi connectivity index (χ3v) is 3.09. The summed E-state index contributed by atoms with van der Waals surface area (Å²) in [5, 5.41) is 0. The van der Waals surface area contributed by atoms with E-state index >= 15 is 0 Å². The van der Waals surface area contributed by atoms with Crippen molar-refractivity contribution in [3.8, 4) is 0 Å². The molecule has 0 aromatic rings. The molecule has 2 radical (unpaired) electrons. The van der Waals surface area contributed by atoms with E-state index in [1.54, 1.807) is 0 Å². The van der Waals surface area contributed by atoms with Gasteiger partial charge in [-0.15, -0.1) is 0 Å². The summed E-state index contributed by atoms with van der Waals surface area (Å²) in [4.78, 5) is 21.7. The third kappa shape index (κ3) is 4.09. The molecule has 2 rings (SSSR count). The van der Waals surface area contributed by atoms with Crippen LogP contribution in [0.2, 0.25) is 0 Å². The molecule has 2 aliphatic rings. The maximum atomic E-state index is 10.9.